The van der Waals surface area contributed by atoms with Crippen molar-refractivity contribution >= 4 is 17.1 Å². The molecule has 0 saturated carbocycles. The molecule has 102 valence electrons. The fourth-order valence-corrected chi connectivity index (χ4v) is 1.96. The van der Waals surface area contributed by atoms with Gasteiger partial charge < -0.3 is 14.5 Å². The molecule has 2 rings (SSSR count). The largest absolute Gasteiger partial charge is 0.469 e. The van der Waals surface area contributed by atoms with Gasteiger partial charge in [-0.15, -0.1) is 0 Å². The molecule has 1 atom stereocenters. The second-order valence-electron chi connectivity index (χ2n) is 4.32. The van der Waals surface area contributed by atoms with E-state index in [0.717, 1.165) is 5.56 Å². The van der Waals surface area contributed by atoms with Crippen LogP contribution in [0.5, 0.6) is 0 Å². The maximum Gasteiger partial charge on any atom is 0.417 e. The summed E-state index contributed by atoms with van der Waals surface area (Å²) in [7, 11) is 3.16. The number of nitrogens with one attached hydrogen (secondary N) is 2. The lowest BCUT2D eigenvalue weighted by atomic mass is 10.0. The van der Waals surface area contributed by atoms with E-state index in [4.69, 9.17) is 4.42 Å². The number of carbonyl (C=O) groups is 1. The van der Waals surface area contributed by atoms with Crippen molar-refractivity contribution in [3.8, 4) is 0 Å². The van der Waals surface area contributed by atoms with Crippen LogP contribution in [0.4, 0.5) is 0 Å². The fourth-order valence-electron chi connectivity index (χ4n) is 1.96. The maximum atomic E-state index is 11.3. The summed E-state index contributed by atoms with van der Waals surface area (Å²) >= 11 is 0. The lowest BCUT2D eigenvalue weighted by Gasteiger charge is -2.14. The van der Waals surface area contributed by atoms with Gasteiger partial charge >= 0.3 is 11.7 Å². The van der Waals surface area contributed by atoms with Crippen LogP contribution in [0, 0.1) is 0 Å². The monoisotopic (exact) mass is 264 g/mol. The SMILES string of the molecule is CNC(CC(=O)OC)Cc1ccc2[nH]c(=O)oc2c1. The predicted octanol–water partition coefficient (Wildman–Crippen LogP) is 0.815. The molecule has 0 aliphatic heterocycles. The molecule has 0 radical (unpaired) electrons. The van der Waals surface area contributed by atoms with E-state index >= 15 is 0 Å². The first-order valence-electron chi connectivity index (χ1n) is 5.98. The van der Waals surface area contributed by atoms with E-state index < -0.39 is 5.76 Å². The number of esters is 1. The van der Waals surface area contributed by atoms with Gasteiger partial charge in [0.1, 0.15) is 0 Å². The molecule has 0 bridgehead atoms. The number of oxazole rings is 1. The molecule has 0 saturated heterocycles. The number of hydrogen-bond acceptors (Lipinski definition) is 5. The molecule has 0 aliphatic rings. The van der Waals surface area contributed by atoms with Crippen molar-refractivity contribution in [3.05, 3.63) is 34.3 Å². The third-order valence-corrected chi connectivity index (χ3v) is 3.02. The Morgan fingerprint density at radius 1 is 1.53 bits per heavy atom. The highest BCUT2D eigenvalue weighted by atomic mass is 16.5. The van der Waals surface area contributed by atoms with Gasteiger partial charge in [0.05, 0.1) is 19.0 Å². The Labute approximate surface area is 109 Å². The molecule has 1 unspecified atom stereocenters. The number of ether oxygens (including phenoxy) is 1. The third kappa shape index (κ3) is 3.23. The lowest BCUT2D eigenvalue weighted by Crippen LogP contribution is -2.30. The third-order valence-electron chi connectivity index (χ3n) is 3.02. The first-order valence-corrected chi connectivity index (χ1v) is 5.98. The molecule has 19 heavy (non-hydrogen) atoms. The van der Waals surface area contributed by atoms with Crippen LogP contribution in [-0.2, 0) is 16.0 Å². The predicted molar refractivity (Wildman–Crippen MR) is 70.0 cm³/mol. The molecule has 6 nitrogen and oxygen atoms in total. The van der Waals surface area contributed by atoms with Gasteiger partial charge in [-0.05, 0) is 31.2 Å². The van der Waals surface area contributed by atoms with E-state index in [2.05, 4.69) is 15.0 Å². The average Bonchev–Trinajstić information content (AvgIpc) is 2.77. The van der Waals surface area contributed by atoms with Crippen molar-refractivity contribution in [1.29, 1.82) is 0 Å². The number of aromatic amines is 1. The van der Waals surface area contributed by atoms with Gasteiger partial charge in [-0.3, -0.25) is 9.78 Å². The number of carbonyl (C=O) groups excluding carboxylic acids is 1. The van der Waals surface area contributed by atoms with Crippen LogP contribution in [0.25, 0.3) is 11.1 Å². The number of fused-ring (bicyclic) bond motifs is 1. The quantitative estimate of drug-likeness (QED) is 0.781. The molecule has 1 aromatic carbocycles. The van der Waals surface area contributed by atoms with Gasteiger partial charge in [-0.25, -0.2) is 4.79 Å². The summed E-state index contributed by atoms with van der Waals surface area (Å²) in [4.78, 5) is 24.9. The van der Waals surface area contributed by atoms with E-state index in [9.17, 15) is 9.59 Å². The van der Waals surface area contributed by atoms with Crippen molar-refractivity contribution in [2.45, 2.75) is 18.9 Å². The minimum atomic E-state index is -0.466. The molecule has 6 heteroatoms. The van der Waals surface area contributed by atoms with Gasteiger partial charge in [-0.2, -0.15) is 0 Å². The Bertz CT molecular complexity index is 629. The number of benzene rings is 1. The standard InChI is InChI=1S/C13H16N2O4/c1-14-9(7-12(16)18-2)5-8-3-4-10-11(6-8)19-13(17)15-10/h3-4,6,9,14H,5,7H2,1-2H3,(H,15,17). The van der Waals surface area contributed by atoms with Crippen LogP contribution in [0.15, 0.2) is 27.4 Å². The molecule has 0 aliphatic carbocycles. The number of H-pyrrole nitrogens is 1. The zero-order valence-corrected chi connectivity index (χ0v) is 10.9. The second kappa shape index (κ2) is 5.71. The summed E-state index contributed by atoms with van der Waals surface area (Å²) < 4.78 is 9.65. The molecule has 0 fully saturated rings. The fraction of sp³-hybridized carbons (Fsp3) is 0.385. The minimum Gasteiger partial charge on any atom is -0.469 e. The lowest BCUT2D eigenvalue weighted by molar-refractivity contribution is -0.141. The zero-order chi connectivity index (χ0) is 13.8. The van der Waals surface area contributed by atoms with Crippen LogP contribution in [0.3, 0.4) is 0 Å². The first-order chi connectivity index (χ1) is 9.12. The van der Waals surface area contributed by atoms with E-state index in [1.165, 1.54) is 7.11 Å². The topological polar surface area (TPSA) is 84.3 Å². The summed E-state index contributed by atoms with van der Waals surface area (Å²) in [6.07, 6.45) is 0.943. The summed E-state index contributed by atoms with van der Waals surface area (Å²) in [5.74, 6) is -0.722. The van der Waals surface area contributed by atoms with Gasteiger partial charge in [0.25, 0.3) is 0 Å². The summed E-state index contributed by atoms with van der Waals surface area (Å²) in [5.41, 5.74) is 2.18. The highest BCUT2D eigenvalue weighted by Gasteiger charge is 2.13. The Morgan fingerprint density at radius 3 is 3.00 bits per heavy atom. The summed E-state index contributed by atoms with van der Waals surface area (Å²) in [6.45, 7) is 0. The first kappa shape index (κ1) is 13.4. The van der Waals surface area contributed by atoms with Gasteiger partial charge in [0, 0.05) is 6.04 Å². The number of rotatable bonds is 5. The van der Waals surface area contributed by atoms with Crippen LogP contribution in [0.2, 0.25) is 0 Å². The highest BCUT2D eigenvalue weighted by Crippen LogP contribution is 2.14. The molecular weight excluding hydrogens is 248 g/mol. The summed E-state index contributed by atoms with van der Waals surface area (Å²) in [5, 5.41) is 3.07. The van der Waals surface area contributed by atoms with Crippen molar-refractivity contribution in [1.82, 2.24) is 10.3 Å². The van der Waals surface area contributed by atoms with E-state index in [1.54, 1.807) is 19.2 Å². The minimum absolute atomic E-state index is 0.0180. The normalized spacial score (nSPS) is 12.5. The molecule has 0 amide bonds. The maximum absolute atomic E-state index is 11.3. The molecule has 0 spiro atoms. The molecule has 2 aromatic rings. The van der Waals surface area contributed by atoms with Crippen LogP contribution in [-0.4, -0.2) is 31.2 Å². The van der Waals surface area contributed by atoms with Crippen LogP contribution >= 0.6 is 0 Å². The number of methoxy groups -OCH3 is 1. The Morgan fingerprint density at radius 2 is 2.32 bits per heavy atom. The van der Waals surface area contributed by atoms with E-state index in [-0.39, 0.29) is 12.0 Å². The van der Waals surface area contributed by atoms with E-state index in [0.29, 0.717) is 23.9 Å². The molecule has 1 aromatic heterocycles. The summed E-state index contributed by atoms with van der Waals surface area (Å²) in [6, 6.07) is 5.47. The Balaban J connectivity index is 2.14. The highest BCUT2D eigenvalue weighted by molar-refractivity contribution is 5.73. The van der Waals surface area contributed by atoms with Crippen molar-refractivity contribution in [2.75, 3.05) is 14.2 Å². The molecule has 1 heterocycles. The van der Waals surface area contributed by atoms with Gasteiger partial charge in [-0.1, -0.05) is 6.07 Å². The Hall–Kier alpha value is -2.08. The smallest absolute Gasteiger partial charge is 0.417 e. The average molecular weight is 264 g/mol. The van der Waals surface area contributed by atoms with Crippen molar-refractivity contribution in [2.24, 2.45) is 0 Å². The number of aromatic nitrogens is 1. The van der Waals surface area contributed by atoms with Crippen molar-refractivity contribution in [3.63, 3.8) is 0 Å². The molecule has 2 N–H and O–H groups in total. The number of hydrogen-bond donors (Lipinski definition) is 2. The molecular formula is C13H16N2O4. The Kier molecular flexibility index (Phi) is 4.01. The number of likely N-dealkylation sites (N-methyl/N-ethyl adjacent to an activating group) is 1. The van der Waals surface area contributed by atoms with Gasteiger partial charge in [0.15, 0.2) is 5.58 Å². The van der Waals surface area contributed by atoms with Crippen LogP contribution in [0.1, 0.15) is 12.0 Å². The second-order valence-corrected chi connectivity index (χ2v) is 4.32. The van der Waals surface area contributed by atoms with Crippen LogP contribution < -0.4 is 11.1 Å². The zero-order valence-electron chi connectivity index (χ0n) is 10.9. The van der Waals surface area contributed by atoms with Crippen molar-refractivity contribution < 1.29 is 13.9 Å². The van der Waals surface area contributed by atoms with E-state index in [1.807, 2.05) is 6.07 Å². The van der Waals surface area contributed by atoms with Gasteiger partial charge in [0.2, 0.25) is 0 Å².